The lowest BCUT2D eigenvalue weighted by Crippen LogP contribution is -2.17. The van der Waals surface area contributed by atoms with Crippen molar-refractivity contribution in [2.75, 3.05) is 19.8 Å². The Balaban J connectivity index is 4.00. The van der Waals surface area contributed by atoms with Gasteiger partial charge in [0.05, 0.1) is 13.2 Å². The lowest BCUT2D eigenvalue weighted by Gasteiger charge is -2.19. The van der Waals surface area contributed by atoms with Gasteiger partial charge in [0.2, 0.25) is 0 Å². The Labute approximate surface area is 106 Å². The number of rotatable bonds is 12. The van der Waals surface area contributed by atoms with Gasteiger partial charge in [0.25, 0.3) is 0 Å². The normalized spacial score (nSPS) is 11.9. The smallest absolute Gasteiger partial charge is 0.297 e. The zero-order valence-corrected chi connectivity index (χ0v) is 12.4. The summed E-state index contributed by atoms with van der Waals surface area (Å²) in [6, 6.07) is 0. The highest BCUT2D eigenvalue weighted by atomic mass is 31.2. The molecule has 0 saturated heterocycles. The zero-order chi connectivity index (χ0) is 13.0. The van der Waals surface area contributed by atoms with Gasteiger partial charge in [0.1, 0.15) is 0 Å². The van der Waals surface area contributed by atoms with Gasteiger partial charge < -0.3 is 0 Å². The van der Waals surface area contributed by atoms with Crippen LogP contribution >= 0.6 is 7.75 Å². The number of nitrogens with one attached hydrogen (secondary N) is 1. The summed E-state index contributed by atoms with van der Waals surface area (Å²) in [6.07, 6.45) is 5.94. The van der Waals surface area contributed by atoms with Crippen LogP contribution in [0.25, 0.3) is 0 Å². The van der Waals surface area contributed by atoms with E-state index in [1.165, 1.54) is 0 Å². The van der Waals surface area contributed by atoms with Gasteiger partial charge in [-0.05, 0) is 19.3 Å². The van der Waals surface area contributed by atoms with Gasteiger partial charge in [-0.3, -0.25) is 9.05 Å². The summed E-state index contributed by atoms with van der Waals surface area (Å²) < 4.78 is 23.1. The number of hydrogen-bond donors (Lipinski definition) is 1. The largest absolute Gasteiger partial charge is 0.405 e. The van der Waals surface area contributed by atoms with Crippen LogP contribution < -0.4 is 5.09 Å². The molecule has 104 valence electrons. The molecule has 0 aliphatic heterocycles. The molecule has 0 amide bonds. The minimum atomic E-state index is -3.06. The molecule has 0 radical (unpaired) electrons. The molecule has 5 heteroatoms. The van der Waals surface area contributed by atoms with Crippen molar-refractivity contribution in [2.24, 2.45) is 0 Å². The van der Waals surface area contributed by atoms with Gasteiger partial charge in [-0.1, -0.05) is 40.0 Å². The third-order valence-electron chi connectivity index (χ3n) is 2.35. The molecule has 0 aliphatic rings. The summed E-state index contributed by atoms with van der Waals surface area (Å²) in [5, 5.41) is 2.93. The molecule has 0 saturated carbocycles. The van der Waals surface area contributed by atoms with E-state index in [2.05, 4.69) is 25.9 Å². The topological polar surface area (TPSA) is 47.6 Å². The first-order valence-electron chi connectivity index (χ1n) is 6.82. The van der Waals surface area contributed by atoms with Crippen LogP contribution in [0.5, 0.6) is 0 Å². The van der Waals surface area contributed by atoms with Crippen LogP contribution in [0.15, 0.2) is 0 Å². The molecule has 0 heterocycles. The quantitative estimate of drug-likeness (QED) is 0.426. The molecule has 0 fully saturated rings. The second kappa shape index (κ2) is 11.2. The predicted molar refractivity (Wildman–Crippen MR) is 72.2 cm³/mol. The van der Waals surface area contributed by atoms with E-state index in [1.807, 2.05) is 0 Å². The molecule has 0 aromatic carbocycles. The standard InChI is InChI=1S/C12H28NO3P/c1-4-7-10-13-17(14,15-11-8-5-2)16-12-9-6-3/h4-12H2,1-3H3,(H,13,14). The van der Waals surface area contributed by atoms with Crippen molar-refractivity contribution < 1.29 is 13.6 Å². The van der Waals surface area contributed by atoms with Crippen molar-refractivity contribution in [1.29, 1.82) is 0 Å². The molecule has 0 spiro atoms. The van der Waals surface area contributed by atoms with Crippen LogP contribution in [0.2, 0.25) is 0 Å². The minimum absolute atomic E-state index is 0.499. The lowest BCUT2D eigenvalue weighted by molar-refractivity contribution is 0.191. The Kier molecular flexibility index (Phi) is 11.3. The lowest BCUT2D eigenvalue weighted by atomic mass is 10.3. The fourth-order valence-electron chi connectivity index (χ4n) is 1.18. The third kappa shape index (κ3) is 9.78. The summed E-state index contributed by atoms with van der Waals surface area (Å²) in [4.78, 5) is 0. The van der Waals surface area contributed by atoms with Crippen LogP contribution in [-0.2, 0) is 13.6 Å². The van der Waals surface area contributed by atoms with E-state index < -0.39 is 7.75 Å². The summed E-state index contributed by atoms with van der Waals surface area (Å²) in [7, 11) is -3.06. The molecule has 0 bridgehead atoms. The van der Waals surface area contributed by atoms with Gasteiger partial charge >= 0.3 is 7.75 Å². The molecular weight excluding hydrogens is 237 g/mol. The van der Waals surface area contributed by atoms with Gasteiger partial charge in [-0.25, -0.2) is 9.65 Å². The Morgan fingerprint density at radius 2 is 1.35 bits per heavy atom. The van der Waals surface area contributed by atoms with Gasteiger partial charge in [0, 0.05) is 6.54 Å². The highest BCUT2D eigenvalue weighted by molar-refractivity contribution is 7.51. The average Bonchev–Trinajstić information content (AvgIpc) is 2.30. The fourth-order valence-corrected chi connectivity index (χ4v) is 2.61. The fraction of sp³-hybridized carbons (Fsp3) is 1.00. The minimum Gasteiger partial charge on any atom is -0.297 e. The van der Waals surface area contributed by atoms with Crippen LogP contribution in [0.3, 0.4) is 0 Å². The van der Waals surface area contributed by atoms with Crippen molar-refractivity contribution in [3.8, 4) is 0 Å². The maximum atomic E-state index is 12.3. The highest BCUT2D eigenvalue weighted by Gasteiger charge is 2.23. The summed E-state index contributed by atoms with van der Waals surface area (Å²) >= 11 is 0. The highest BCUT2D eigenvalue weighted by Crippen LogP contribution is 2.43. The van der Waals surface area contributed by atoms with Gasteiger partial charge in [-0.2, -0.15) is 0 Å². The number of hydrogen-bond acceptors (Lipinski definition) is 3. The average molecular weight is 265 g/mol. The second-order valence-electron chi connectivity index (χ2n) is 4.13. The predicted octanol–water partition coefficient (Wildman–Crippen LogP) is 4.12. The van der Waals surface area contributed by atoms with Crippen LogP contribution in [0, 0.1) is 0 Å². The Morgan fingerprint density at radius 3 is 1.76 bits per heavy atom. The molecule has 0 unspecified atom stereocenters. The molecule has 0 atom stereocenters. The maximum absolute atomic E-state index is 12.3. The van der Waals surface area contributed by atoms with Crippen molar-refractivity contribution in [3.63, 3.8) is 0 Å². The molecule has 17 heavy (non-hydrogen) atoms. The van der Waals surface area contributed by atoms with E-state index in [9.17, 15) is 4.57 Å². The van der Waals surface area contributed by atoms with Crippen molar-refractivity contribution in [1.82, 2.24) is 5.09 Å². The Morgan fingerprint density at radius 1 is 0.882 bits per heavy atom. The molecule has 4 nitrogen and oxygen atoms in total. The van der Waals surface area contributed by atoms with E-state index in [1.54, 1.807) is 0 Å². The van der Waals surface area contributed by atoms with Crippen LogP contribution in [0.1, 0.15) is 59.3 Å². The Bertz CT molecular complexity index is 179. The molecular formula is C12H28NO3P. The van der Waals surface area contributed by atoms with Crippen LogP contribution in [-0.4, -0.2) is 19.8 Å². The van der Waals surface area contributed by atoms with E-state index in [4.69, 9.17) is 9.05 Å². The van der Waals surface area contributed by atoms with Gasteiger partial charge in [0.15, 0.2) is 0 Å². The third-order valence-corrected chi connectivity index (χ3v) is 4.01. The molecule has 0 aliphatic carbocycles. The van der Waals surface area contributed by atoms with E-state index in [0.717, 1.165) is 38.5 Å². The summed E-state index contributed by atoms with van der Waals surface area (Å²) in [5.41, 5.74) is 0. The van der Waals surface area contributed by atoms with Crippen molar-refractivity contribution in [2.45, 2.75) is 59.3 Å². The first kappa shape index (κ1) is 17.1. The summed E-state index contributed by atoms with van der Waals surface area (Å²) in [6.45, 7) is 7.94. The first-order valence-corrected chi connectivity index (χ1v) is 8.37. The zero-order valence-electron chi connectivity index (χ0n) is 11.5. The molecule has 1 N–H and O–H groups in total. The molecule has 0 aromatic heterocycles. The monoisotopic (exact) mass is 265 g/mol. The van der Waals surface area contributed by atoms with E-state index in [-0.39, 0.29) is 0 Å². The molecule has 0 aromatic rings. The molecule has 0 rings (SSSR count). The number of unbranched alkanes of at least 4 members (excludes halogenated alkanes) is 3. The van der Waals surface area contributed by atoms with E-state index in [0.29, 0.717) is 19.8 Å². The van der Waals surface area contributed by atoms with E-state index >= 15 is 0 Å². The van der Waals surface area contributed by atoms with Crippen LogP contribution in [0.4, 0.5) is 0 Å². The maximum Gasteiger partial charge on any atom is 0.405 e. The van der Waals surface area contributed by atoms with Crippen molar-refractivity contribution >= 4 is 7.75 Å². The SMILES string of the molecule is CCCCNP(=O)(OCCCC)OCCCC. The van der Waals surface area contributed by atoms with Gasteiger partial charge in [-0.15, -0.1) is 0 Å². The summed E-state index contributed by atoms with van der Waals surface area (Å²) in [5.74, 6) is 0. The first-order chi connectivity index (χ1) is 8.18. The van der Waals surface area contributed by atoms with Crippen molar-refractivity contribution in [3.05, 3.63) is 0 Å². The Hall–Kier alpha value is 0.110. The second-order valence-corrected chi connectivity index (χ2v) is 5.96.